The third-order valence-corrected chi connectivity index (χ3v) is 4.68. The predicted octanol–water partition coefficient (Wildman–Crippen LogP) is 5.01. The third-order valence-electron chi connectivity index (χ3n) is 2.96. The highest BCUT2D eigenvalue weighted by atomic mass is 79.9. The smallest absolute Gasteiger partial charge is 0.387 e. The van der Waals surface area contributed by atoms with E-state index in [-0.39, 0.29) is 11.8 Å². The minimum absolute atomic E-state index is 0.0711. The number of hydrogen-bond acceptors (Lipinski definition) is 3. The normalized spacial score (nSPS) is 12.6. The van der Waals surface area contributed by atoms with E-state index in [1.54, 1.807) is 29.5 Å². The van der Waals surface area contributed by atoms with Crippen LogP contribution in [0.2, 0.25) is 0 Å². The van der Waals surface area contributed by atoms with Gasteiger partial charge in [0.1, 0.15) is 5.75 Å². The standard InChI is InChI=1S/C15H16BrF2NOS/c1-2-19-14(8-13-7-11(16)9-21-13)10-4-3-5-12(6-10)20-15(17)18/h3-7,9,14-15,19H,2,8H2,1H3. The largest absolute Gasteiger partial charge is 0.435 e. The second kappa shape index (κ2) is 7.87. The van der Waals surface area contributed by atoms with Crippen molar-refractivity contribution in [3.05, 3.63) is 50.6 Å². The maximum atomic E-state index is 12.3. The summed E-state index contributed by atoms with van der Waals surface area (Å²) in [6, 6.07) is 9.02. The van der Waals surface area contributed by atoms with E-state index >= 15 is 0 Å². The number of thiophene rings is 1. The van der Waals surface area contributed by atoms with Gasteiger partial charge >= 0.3 is 6.61 Å². The quantitative estimate of drug-likeness (QED) is 0.734. The Bertz CT molecular complexity index is 576. The number of alkyl halides is 2. The van der Waals surface area contributed by atoms with E-state index in [2.05, 4.69) is 32.0 Å². The molecule has 1 N–H and O–H groups in total. The van der Waals surface area contributed by atoms with Crippen molar-refractivity contribution in [1.82, 2.24) is 5.32 Å². The molecule has 114 valence electrons. The Labute approximate surface area is 135 Å². The van der Waals surface area contributed by atoms with Gasteiger partial charge in [-0.25, -0.2) is 0 Å². The first-order valence-corrected chi connectivity index (χ1v) is 8.26. The highest BCUT2D eigenvalue weighted by molar-refractivity contribution is 9.10. The van der Waals surface area contributed by atoms with Crippen molar-refractivity contribution >= 4 is 27.3 Å². The lowest BCUT2D eigenvalue weighted by Crippen LogP contribution is -2.22. The van der Waals surface area contributed by atoms with Crippen LogP contribution in [0.4, 0.5) is 8.78 Å². The molecule has 0 bridgehead atoms. The van der Waals surface area contributed by atoms with Crippen LogP contribution in [0.15, 0.2) is 40.2 Å². The average Bonchev–Trinajstić information content (AvgIpc) is 2.83. The first kappa shape index (κ1) is 16.4. The van der Waals surface area contributed by atoms with Crippen LogP contribution in [0.25, 0.3) is 0 Å². The van der Waals surface area contributed by atoms with Gasteiger partial charge in [0, 0.05) is 27.2 Å². The minimum atomic E-state index is -2.80. The van der Waals surface area contributed by atoms with Gasteiger partial charge in [-0.1, -0.05) is 19.1 Å². The maximum Gasteiger partial charge on any atom is 0.387 e. The zero-order valence-electron chi connectivity index (χ0n) is 11.5. The van der Waals surface area contributed by atoms with E-state index in [9.17, 15) is 8.78 Å². The number of halogens is 3. The topological polar surface area (TPSA) is 21.3 Å². The molecule has 1 atom stereocenters. The van der Waals surface area contributed by atoms with Crippen molar-refractivity contribution in [2.45, 2.75) is 26.0 Å². The van der Waals surface area contributed by atoms with E-state index < -0.39 is 6.61 Å². The summed E-state index contributed by atoms with van der Waals surface area (Å²) in [6.45, 7) is 0.0275. The van der Waals surface area contributed by atoms with Gasteiger partial charge in [0.25, 0.3) is 0 Å². The molecule has 0 saturated carbocycles. The first-order chi connectivity index (χ1) is 10.1. The molecule has 2 nitrogen and oxygen atoms in total. The fourth-order valence-electron chi connectivity index (χ4n) is 2.12. The zero-order chi connectivity index (χ0) is 15.2. The van der Waals surface area contributed by atoms with E-state index in [4.69, 9.17) is 0 Å². The highest BCUT2D eigenvalue weighted by Crippen LogP contribution is 2.27. The van der Waals surface area contributed by atoms with Crippen molar-refractivity contribution in [3.63, 3.8) is 0 Å². The molecule has 0 aliphatic rings. The first-order valence-electron chi connectivity index (χ1n) is 6.59. The van der Waals surface area contributed by atoms with E-state index in [1.165, 1.54) is 4.88 Å². The Hall–Kier alpha value is -0.980. The summed E-state index contributed by atoms with van der Waals surface area (Å²) in [5.74, 6) is 0.192. The second-order valence-corrected chi connectivity index (χ2v) is 6.41. The zero-order valence-corrected chi connectivity index (χ0v) is 13.9. The summed E-state index contributed by atoms with van der Waals surface area (Å²) < 4.78 is 30.2. The van der Waals surface area contributed by atoms with Gasteiger partial charge in [0.15, 0.2) is 0 Å². The van der Waals surface area contributed by atoms with Gasteiger partial charge in [-0.05, 0) is 46.2 Å². The van der Waals surface area contributed by atoms with Crippen LogP contribution in [0, 0.1) is 0 Å². The molecule has 0 aliphatic carbocycles. The Morgan fingerprint density at radius 1 is 1.33 bits per heavy atom. The number of rotatable bonds is 7. The van der Waals surface area contributed by atoms with E-state index in [0.717, 1.165) is 23.0 Å². The fraction of sp³-hybridized carbons (Fsp3) is 0.333. The summed E-state index contributed by atoms with van der Waals surface area (Å²) in [5, 5.41) is 5.42. The Morgan fingerprint density at radius 3 is 2.76 bits per heavy atom. The monoisotopic (exact) mass is 375 g/mol. The molecular weight excluding hydrogens is 360 g/mol. The molecule has 0 fully saturated rings. The van der Waals surface area contributed by atoms with E-state index in [0.29, 0.717) is 0 Å². The van der Waals surface area contributed by atoms with Crippen molar-refractivity contribution in [1.29, 1.82) is 0 Å². The Kier molecular flexibility index (Phi) is 6.14. The van der Waals surface area contributed by atoms with Crippen LogP contribution in [0.1, 0.15) is 23.4 Å². The molecule has 0 amide bonds. The molecule has 0 spiro atoms. The molecule has 1 aromatic heterocycles. The number of nitrogens with one attached hydrogen (secondary N) is 1. The second-order valence-electron chi connectivity index (χ2n) is 4.50. The summed E-state index contributed by atoms with van der Waals surface area (Å²) in [6.07, 6.45) is 0.808. The Balaban J connectivity index is 2.17. The number of benzene rings is 1. The molecule has 0 aliphatic heterocycles. The van der Waals surface area contributed by atoms with Gasteiger partial charge in [-0.15, -0.1) is 11.3 Å². The molecule has 1 heterocycles. The molecule has 1 unspecified atom stereocenters. The van der Waals surface area contributed by atoms with Crippen LogP contribution >= 0.6 is 27.3 Å². The summed E-state index contributed by atoms with van der Waals surface area (Å²) in [7, 11) is 0. The van der Waals surface area contributed by atoms with Crippen LogP contribution in [-0.4, -0.2) is 13.2 Å². The van der Waals surface area contributed by atoms with Gasteiger partial charge in [-0.2, -0.15) is 8.78 Å². The molecule has 2 rings (SSSR count). The number of ether oxygens (including phenoxy) is 1. The van der Waals surface area contributed by atoms with Gasteiger partial charge in [-0.3, -0.25) is 0 Å². The molecule has 21 heavy (non-hydrogen) atoms. The molecular formula is C15H16BrF2NOS. The third kappa shape index (κ3) is 5.05. The van der Waals surface area contributed by atoms with Crippen LogP contribution < -0.4 is 10.1 Å². The van der Waals surface area contributed by atoms with Crippen LogP contribution in [-0.2, 0) is 6.42 Å². The van der Waals surface area contributed by atoms with Gasteiger partial charge in [0.2, 0.25) is 0 Å². The van der Waals surface area contributed by atoms with Crippen molar-refractivity contribution in [3.8, 4) is 5.75 Å². The lowest BCUT2D eigenvalue weighted by Gasteiger charge is -2.18. The number of hydrogen-bond donors (Lipinski definition) is 1. The van der Waals surface area contributed by atoms with Gasteiger partial charge < -0.3 is 10.1 Å². The van der Waals surface area contributed by atoms with Crippen LogP contribution in [0.3, 0.4) is 0 Å². The Morgan fingerprint density at radius 2 is 2.14 bits per heavy atom. The summed E-state index contributed by atoms with van der Waals surface area (Å²) in [4.78, 5) is 1.23. The maximum absolute atomic E-state index is 12.3. The predicted molar refractivity (Wildman–Crippen MR) is 85.2 cm³/mol. The SMILES string of the molecule is CCNC(Cc1cc(Br)cs1)c1cccc(OC(F)F)c1. The average molecular weight is 376 g/mol. The van der Waals surface area contributed by atoms with Crippen molar-refractivity contribution in [2.75, 3.05) is 6.54 Å². The lowest BCUT2D eigenvalue weighted by molar-refractivity contribution is -0.0499. The lowest BCUT2D eigenvalue weighted by atomic mass is 10.0. The van der Waals surface area contributed by atoms with E-state index in [1.807, 2.05) is 18.4 Å². The fourth-order valence-corrected chi connectivity index (χ4v) is 3.62. The minimum Gasteiger partial charge on any atom is -0.435 e. The van der Waals surface area contributed by atoms with Crippen molar-refractivity contribution in [2.24, 2.45) is 0 Å². The number of likely N-dealkylation sites (N-methyl/N-ethyl adjacent to an activating group) is 1. The van der Waals surface area contributed by atoms with Crippen LogP contribution in [0.5, 0.6) is 5.75 Å². The molecule has 0 radical (unpaired) electrons. The molecule has 0 saturated heterocycles. The van der Waals surface area contributed by atoms with Gasteiger partial charge in [0.05, 0.1) is 0 Å². The molecule has 1 aromatic carbocycles. The van der Waals surface area contributed by atoms with Crippen molar-refractivity contribution < 1.29 is 13.5 Å². The summed E-state index contributed by atoms with van der Waals surface area (Å²) in [5.41, 5.74) is 0.944. The molecule has 2 aromatic rings. The molecule has 6 heteroatoms. The summed E-state index contributed by atoms with van der Waals surface area (Å²) >= 11 is 5.12. The highest BCUT2D eigenvalue weighted by Gasteiger charge is 2.14.